The summed E-state index contributed by atoms with van der Waals surface area (Å²) in [5, 5.41) is 17.6. The highest BCUT2D eigenvalue weighted by Gasteiger charge is 2.21. The summed E-state index contributed by atoms with van der Waals surface area (Å²) in [6.45, 7) is 1.30. The Labute approximate surface area is 227 Å². The van der Waals surface area contributed by atoms with Crippen LogP contribution in [0.1, 0.15) is 18.1 Å². The molecule has 0 aliphatic rings. The number of phenols is 1. The molecule has 11 nitrogen and oxygen atoms in total. The van der Waals surface area contributed by atoms with Crippen LogP contribution in [0.3, 0.4) is 0 Å². The predicted octanol–water partition coefficient (Wildman–Crippen LogP) is 2.21. The molecule has 0 amide bonds. The van der Waals surface area contributed by atoms with Crippen LogP contribution in [-0.4, -0.2) is 59.8 Å². The number of nitrogens with two attached hydrogens (primary N) is 1. The first-order valence-corrected chi connectivity index (χ1v) is 15.1. The highest BCUT2D eigenvalue weighted by atomic mass is 32.2. The molecule has 3 aromatic carbocycles. The summed E-state index contributed by atoms with van der Waals surface area (Å²) in [6.07, 6.45) is 1.23. The molecule has 0 radical (unpaired) electrons. The van der Waals surface area contributed by atoms with Gasteiger partial charge in [0.1, 0.15) is 22.2 Å². The minimum Gasteiger partial charge on any atom is -0.507 e. The maximum atomic E-state index is 12.8. The number of nitrogen functional groups attached to an aromatic ring is 1. The van der Waals surface area contributed by atoms with Gasteiger partial charge in [-0.1, -0.05) is 30.3 Å². The number of hydrogen-bond acceptors (Lipinski definition) is 9. The lowest BCUT2D eigenvalue weighted by molar-refractivity contribution is -0.145. The molecule has 39 heavy (non-hydrogen) atoms. The highest BCUT2D eigenvalue weighted by Crippen LogP contribution is 2.32. The summed E-state index contributed by atoms with van der Waals surface area (Å²) in [5.41, 5.74) is 7.05. The van der Waals surface area contributed by atoms with E-state index in [9.17, 15) is 26.7 Å². The smallest absolute Gasteiger partial charge is 0.344 e. The molecule has 0 saturated carbocycles. The molecule has 208 valence electrons. The summed E-state index contributed by atoms with van der Waals surface area (Å²) >= 11 is 0. The molecule has 0 spiro atoms. The fourth-order valence-corrected chi connectivity index (χ4v) is 5.79. The van der Waals surface area contributed by atoms with Gasteiger partial charge in [0.05, 0.1) is 11.5 Å². The van der Waals surface area contributed by atoms with E-state index in [4.69, 9.17) is 20.6 Å². The average molecular weight is 576 g/mol. The number of ether oxygens (including phenoxy) is 2. The monoisotopic (exact) mass is 575 g/mol. The average Bonchev–Trinajstić information content (AvgIpc) is 2.87. The van der Waals surface area contributed by atoms with E-state index in [1.165, 1.54) is 12.1 Å². The van der Waals surface area contributed by atoms with Crippen LogP contribution in [0.15, 0.2) is 70.5 Å². The Morgan fingerprint density at radius 3 is 2.41 bits per heavy atom. The van der Waals surface area contributed by atoms with E-state index in [1.807, 2.05) is 0 Å². The van der Waals surface area contributed by atoms with E-state index in [0.29, 0.717) is 16.7 Å². The number of sulfonamides is 1. The molecule has 3 rings (SSSR count). The van der Waals surface area contributed by atoms with Crippen molar-refractivity contribution in [1.82, 2.24) is 4.72 Å². The van der Waals surface area contributed by atoms with Gasteiger partial charge >= 0.3 is 5.97 Å². The fraction of sp³-hybridized carbons (Fsp3) is 0.231. The standard InChI is InChI=1S/C26H29N3O8S2/c1-3-36-25(31)16-37-22-14-18(20-6-4-5-7-23(20)38(2,32)33)9-8-17(22)12-13-29-39(34,35)24-15-19(26(27)28)10-11-21(24)30/h4-11,14-15,29-30H,3,12-13,16H2,1-2H3,(H3,27,28). The lowest BCUT2D eigenvalue weighted by atomic mass is 10.0. The van der Waals surface area contributed by atoms with Crippen LogP contribution in [0, 0.1) is 5.41 Å². The normalized spacial score (nSPS) is 11.6. The van der Waals surface area contributed by atoms with Crippen molar-refractivity contribution in [3.63, 3.8) is 0 Å². The van der Waals surface area contributed by atoms with Crippen LogP contribution < -0.4 is 15.2 Å². The van der Waals surface area contributed by atoms with Crippen molar-refractivity contribution in [3.8, 4) is 22.6 Å². The SMILES string of the molecule is CCOC(=O)COc1cc(-c2ccccc2S(C)(=O)=O)ccc1CCNS(=O)(=O)c1cc(C(=N)N)ccc1O. The zero-order chi connectivity index (χ0) is 28.8. The number of carbonyl (C=O) groups is 1. The number of aromatic hydroxyl groups is 1. The Kier molecular flexibility index (Phi) is 9.32. The van der Waals surface area contributed by atoms with Gasteiger partial charge in [0.15, 0.2) is 16.4 Å². The van der Waals surface area contributed by atoms with E-state index < -0.39 is 43.1 Å². The summed E-state index contributed by atoms with van der Waals surface area (Å²) in [5.74, 6) is -1.22. The van der Waals surface area contributed by atoms with E-state index in [0.717, 1.165) is 18.4 Å². The molecular weight excluding hydrogens is 546 g/mol. The molecule has 0 saturated heterocycles. The van der Waals surface area contributed by atoms with Gasteiger partial charge in [-0.2, -0.15) is 0 Å². The molecule has 0 aliphatic carbocycles. The number of amidine groups is 1. The molecule has 0 fully saturated rings. The second-order valence-electron chi connectivity index (χ2n) is 8.43. The van der Waals surface area contributed by atoms with E-state index in [2.05, 4.69) is 4.72 Å². The number of nitrogens with one attached hydrogen (secondary N) is 2. The summed E-state index contributed by atoms with van der Waals surface area (Å²) in [4.78, 5) is 11.6. The lowest BCUT2D eigenvalue weighted by Gasteiger charge is -2.15. The third-order valence-electron chi connectivity index (χ3n) is 5.56. The van der Waals surface area contributed by atoms with Crippen molar-refractivity contribution < 1.29 is 36.2 Å². The maximum Gasteiger partial charge on any atom is 0.344 e. The number of rotatable bonds is 12. The summed E-state index contributed by atoms with van der Waals surface area (Å²) in [7, 11) is -7.71. The number of hydrogen-bond donors (Lipinski definition) is 4. The van der Waals surface area contributed by atoms with Gasteiger partial charge in [-0.25, -0.2) is 26.4 Å². The first-order valence-electron chi connectivity index (χ1n) is 11.7. The molecule has 5 N–H and O–H groups in total. The van der Waals surface area contributed by atoms with Crippen molar-refractivity contribution in [1.29, 1.82) is 5.41 Å². The number of sulfone groups is 1. The van der Waals surface area contributed by atoms with Crippen LogP contribution in [0.25, 0.3) is 11.1 Å². The zero-order valence-electron chi connectivity index (χ0n) is 21.3. The predicted molar refractivity (Wildman–Crippen MR) is 145 cm³/mol. The van der Waals surface area contributed by atoms with Crippen LogP contribution >= 0.6 is 0 Å². The van der Waals surface area contributed by atoms with Crippen molar-refractivity contribution in [3.05, 3.63) is 71.8 Å². The Bertz CT molecular complexity index is 1600. The van der Waals surface area contributed by atoms with Gasteiger partial charge in [-0.05, 0) is 54.8 Å². The molecule has 0 heterocycles. The number of benzene rings is 3. The molecule has 0 bridgehead atoms. The van der Waals surface area contributed by atoms with Crippen LogP contribution in [0.5, 0.6) is 11.5 Å². The van der Waals surface area contributed by atoms with Gasteiger partial charge in [0, 0.05) is 23.9 Å². The third-order valence-corrected chi connectivity index (χ3v) is 8.21. The number of esters is 1. The van der Waals surface area contributed by atoms with E-state index >= 15 is 0 Å². The Morgan fingerprint density at radius 2 is 1.74 bits per heavy atom. The molecular formula is C26H29N3O8S2. The highest BCUT2D eigenvalue weighted by molar-refractivity contribution is 7.91. The molecule has 0 atom stereocenters. The topological polar surface area (TPSA) is 186 Å². The largest absolute Gasteiger partial charge is 0.507 e. The Hall–Kier alpha value is -3.94. The van der Waals surface area contributed by atoms with Crippen molar-refractivity contribution >= 4 is 31.7 Å². The van der Waals surface area contributed by atoms with Gasteiger partial charge in [0.2, 0.25) is 10.0 Å². The van der Waals surface area contributed by atoms with Gasteiger partial charge < -0.3 is 20.3 Å². The maximum absolute atomic E-state index is 12.8. The zero-order valence-corrected chi connectivity index (χ0v) is 22.9. The van der Waals surface area contributed by atoms with Crippen molar-refractivity contribution in [2.45, 2.75) is 23.1 Å². The molecule has 0 unspecified atom stereocenters. The number of phenolic OH excluding ortho intramolecular Hbond substituents is 1. The van der Waals surface area contributed by atoms with Crippen molar-refractivity contribution in [2.24, 2.45) is 5.73 Å². The Morgan fingerprint density at radius 1 is 1.03 bits per heavy atom. The molecule has 13 heteroatoms. The van der Waals surface area contributed by atoms with Crippen LogP contribution in [0.2, 0.25) is 0 Å². The minimum absolute atomic E-state index is 0.110. The second kappa shape index (κ2) is 12.3. The lowest BCUT2D eigenvalue weighted by Crippen LogP contribution is -2.26. The molecule has 0 aliphatic heterocycles. The first kappa shape index (κ1) is 29.6. The minimum atomic E-state index is -4.17. The quantitative estimate of drug-likeness (QED) is 0.143. The molecule has 3 aromatic rings. The summed E-state index contributed by atoms with van der Waals surface area (Å²) in [6, 6.07) is 14.9. The van der Waals surface area contributed by atoms with Gasteiger partial charge in [-0.15, -0.1) is 0 Å². The first-order chi connectivity index (χ1) is 18.3. The van der Waals surface area contributed by atoms with E-state index in [1.54, 1.807) is 43.3 Å². The summed E-state index contributed by atoms with van der Waals surface area (Å²) < 4.78 is 63.3. The Balaban J connectivity index is 1.89. The van der Waals surface area contributed by atoms with Gasteiger partial charge in [-0.3, -0.25) is 5.41 Å². The second-order valence-corrected chi connectivity index (χ2v) is 12.1. The number of carbonyl (C=O) groups excluding carboxylic acids is 1. The molecule has 0 aromatic heterocycles. The van der Waals surface area contributed by atoms with Crippen LogP contribution in [0.4, 0.5) is 0 Å². The van der Waals surface area contributed by atoms with Crippen molar-refractivity contribution in [2.75, 3.05) is 26.0 Å². The van der Waals surface area contributed by atoms with E-state index in [-0.39, 0.29) is 41.6 Å². The third kappa shape index (κ3) is 7.56. The van der Waals surface area contributed by atoms with Crippen LogP contribution in [-0.2, 0) is 35.8 Å². The van der Waals surface area contributed by atoms with Gasteiger partial charge in [0.25, 0.3) is 0 Å². The fourth-order valence-electron chi connectivity index (χ4n) is 3.73.